The number of likely N-dealkylation sites (N-methyl/N-ethyl adjacent to an activating group) is 1. The van der Waals surface area contributed by atoms with Crippen LogP contribution in [0.25, 0.3) is 10.7 Å². The van der Waals surface area contributed by atoms with Gasteiger partial charge in [-0.3, -0.25) is 4.79 Å². The van der Waals surface area contributed by atoms with Gasteiger partial charge in [0.1, 0.15) is 6.61 Å². The second kappa shape index (κ2) is 13.0. The Balaban J connectivity index is 1.40. The van der Waals surface area contributed by atoms with Crippen molar-refractivity contribution in [2.24, 2.45) is 0 Å². The second-order valence-corrected chi connectivity index (χ2v) is 8.43. The third-order valence-electron chi connectivity index (χ3n) is 5.28. The summed E-state index contributed by atoms with van der Waals surface area (Å²) >= 11 is 1.56. The Bertz CT molecular complexity index is 986. The van der Waals surface area contributed by atoms with E-state index in [1.54, 1.807) is 18.4 Å². The van der Waals surface area contributed by atoms with E-state index < -0.39 is 0 Å². The number of amides is 1. The topological polar surface area (TPSA) is 89.7 Å². The number of carbonyl (C=O) groups is 1. The van der Waals surface area contributed by atoms with Crippen LogP contribution in [0.3, 0.4) is 0 Å². The van der Waals surface area contributed by atoms with Gasteiger partial charge < -0.3 is 24.2 Å². The number of thiophene rings is 1. The summed E-state index contributed by atoms with van der Waals surface area (Å²) in [6, 6.07) is 9.64. The van der Waals surface area contributed by atoms with E-state index in [2.05, 4.69) is 34.2 Å². The molecule has 1 N–H and O–H groups in total. The predicted molar refractivity (Wildman–Crippen MR) is 129 cm³/mol. The van der Waals surface area contributed by atoms with Crippen molar-refractivity contribution in [1.29, 1.82) is 0 Å². The molecule has 33 heavy (non-hydrogen) atoms. The van der Waals surface area contributed by atoms with Crippen LogP contribution in [0, 0.1) is 0 Å². The molecule has 0 aliphatic rings. The fourth-order valence-electron chi connectivity index (χ4n) is 3.32. The summed E-state index contributed by atoms with van der Waals surface area (Å²) in [5, 5.41) is 8.91. The molecule has 9 heteroatoms. The van der Waals surface area contributed by atoms with Crippen molar-refractivity contribution in [3.05, 3.63) is 47.2 Å². The summed E-state index contributed by atoms with van der Waals surface area (Å²) in [6.07, 6.45) is 1.60. The number of hydrogen-bond acceptors (Lipinski definition) is 8. The van der Waals surface area contributed by atoms with Crippen molar-refractivity contribution in [2.45, 2.75) is 39.7 Å². The van der Waals surface area contributed by atoms with E-state index in [1.807, 2.05) is 35.7 Å². The maximum Gasteiger partial charge on any atom is 0.226 e. The van der Waals surface area contributed by atoms with Gasteiger partial charge in [0.05, 0.1) is 12.0 Å². The average Bonchev–Trinajstić information content (AvgIpc) is 3.53. The lowest BCUT2D eigenvalue weighted by Crippen LogP contribution is -2.28. The first kappa shape index (κ1) is 24.7. The molecule has 1 aromatic carbocycles. The number of ether oxygens (including phenoxy) is 2. The first-order valence-corrected chi connectivity index (χ1v) is 12.2. The van der Waals surface area contributed by atoms with Crippen molar-refractivity contribution < 1.29 is 18.8 Å². The van der Waals surface area contributed by atoms with Gasteiger partial charge in [-0.15, -0.1) is 11.3 Å². The minimum absolute atomic E-state index is 0.0217. The lowest BCUT2D eigenvalue weighted by molar-refractivity contribution is -0.121. The van der Waals surface area contributed by atoms with E-state index in [9.17, 15) is 4.79 Å². The number of aromatic nitrogens is 2. The third kappa shape index (κ3) is 7.57. The van der Waals surface area contributed by atoms with Gasteiger partial charge in [-0.2, -0.15) is 4.98 Å². The molecule has 0 atom stereocenters. The van der Waals surface area contributed by atoms with E-state index in [4.69, 9.17) is 14.0 Å². The standard InChI is InChI=1S/C24H32N4O4S/c1-4-28(5-2)13-14-31-19-12-11-18(16-20(19)30-3)17-25-22(29)9-6-10-23-26-24(27-32-23)21-8-7-15-33-21/h7-8,11-12,15-16H,4-6,9-10,13-14,17H2,1-3H3,(H,25,29). The van der Waals surface area contributed by atoms with Gasteiger partial charge in [0.25, 0.3) is 0 Å². The largest absolute Gasteiger partial charge is 0.493 e. The molecule has 0 aliphatic carbocycles. The quantitative estimate of drug-likeness (QED) is 0.377. The predicted octanol–water partition coefficient (Wildman–Crippen LogP) is 4.17. The van der Waals surface area contributed by atoms with Gasteiger partial charge in [-0.1, -0.05) is 31.1 Å². The smallest absolute Gasteiger partial charge is 0.226 e. The highest BCUT2D eigenvalue weighted by Gasteiger charge is 2.11. The monoisotopic (exact) mass is 472 g/mol. The summed E-state index contributed by atoms with van der Waals surface area (Å²) in [6.45, 7) is 8.18. The molecule has 0 saturated carbocycles. The second-order valence-electron chi connectivity index (χ2n) is 7.48. The van der Waals surface area contributed by atoms with Crippen LogP contribution < -0.4 is 14.8 Å². The van der Waals surface area contributed by atoms with E-state index in [0.29, 0.717) is 55.6 Å². The first-order valence-electron chi connectivity index (χ1n) is 11.3. The van der Waals surface area contributed by atoms with Crippen molar-refractivity contribution in [3.8, 4) is 22.2 Å². The summed E-state index contributed by atoms with van der Waals surface area (Å²) in [7, 11) is 1.62. The zero-order chi connectivity index (χ0) is 23.5. The maximum atomic E-state index is 12.2. The number of hydrogen-bond donors (Lipinski definition) is 1. The van der Waals surface area contributed by atoms with Crippen LogP contribution in [0.2, 0.25) is 0 Å². The van der Waals surface area contributed by atoms with E-state index in [0.717, 1.165) is 30.1 Å². The molecular formula is C24H32N4O4S. The summed E-state index contributed by atoms with van der Waals surface area (Å²) < 4.78 is 16.6. The Kier molecular flexibility index (Phi) is 9.71. The van der Waals surface area contributed by atoms with Crippen LogP contribution >= 0.6 is 11.3 Å². The Morgan fingerprint density at radius 2 is 2.06 bits per heavy atom. The Hall–Kier alpha value is -2.91. The van der Waals surface area contributed by atoms with Gasteiger partial charge in [-0.05, 0) is 48.7 Å². The fourth-order valence-corrected chi connectivity index (χ4v) is 3.97. The highest BCUT2D eigenvalue weighted by molar-refractivity contribution is 7.13. The van der Waals surface area contributed by atoms with E-state index in [1.165, 1.54) is 0 Å². The van der Waals surface area contributed by atoms with E-state index in [-0.39, 0.29) is 5.91 Å². The SMILES string of the molecule is CCN(CC)CCOc1ccc(CNC(=O)CCCc2nc(-c3cccs3)no2)cc1OC. The van der Waals surface area contributed by atoms with Gasteiger partial charge in [0.15, 0.2) is 11.5 Å². The molecule has 3 rings (SSSR count). The number of nitrogens with one attached hydrogen (secondary N) is 1. The molecule has 0 spiro atoms. The van der Waals surface area contributed by atoms with Gasteiger partial charge in [0.2, 0.25) is 17.6 Å². The molecule has 0 fully saturated rings. The first-order chi connectivity index (χ1) is 16.1. The molecule has 0 radical (unpaired) electrons. The van der Waals surface area contributed by atoms with Crippen LogP contribution in [0.4, 0.5) is 0 Å². The van der Waals surface area contributed by atoms with Crippen LogP contribution in [0.5, 0.6) is 11.5 Å². The van der Waals surface area contributed by atoms with Crippen molar-refractivity contribution in [2.75, 3.05) is 33.4 Å². The number of aryl methyl sites for hydroxylation is 1. The average molecular weight is 473 g/mol. The molecule has 0 aliphatic heterocycles. The Morgan fingerprint density at radius 3 is 2.79 bits per heavy atom. The highest BCUT2D eigenvalue weighted by atomic mass is 32.1. The lowest BCUT2D eigenvalue weighted by atomic mass is 10.2. The van der Waals surface area contributed by atoms with Crippen LogP contribution in [0.1, 0.15) is 38.1 Å². The number of nitrogens with zero attached hydrogens (tertiary/aromatic N) is 3. The summed E-state index contributed by atoms with van der Waals surface area (Å²) in [5.74, 6) is 2.50. The van der Waals surface area contributed by atoms with Crippen molar-refractivity contribution >= 4 is 17.2 Å². The van der Waals surface area contributed by atoms with Gasteiger partial charge >= 0.3 is 0 Å². The minimum Gasteiger partial charge on any atom is -0.493 e. The molecule has 0 bridgehead atoms. The van der Waals surface area contributed by atoms with Crippen molar-refractivity contribution in [3.63, 3.8) is 0 Å². The molecule has 3 aromatic rings. The zero-order valence-corrected chi connectivity index (χ0v) is 20.3. The zero-order valence-electron chi connectivity index (χ0n) is 19.5. The molecule has 0 unspecified atom stereocenters. The van der Waals surface area contributed by atoms with Crippen molar-refractivity contribution in [1.82, 2.24) is 20.4 Å². The Labute approximate surface area is 198 Å². The lowest BCUT2D eigenvalue weighted by Gasteiger charge is -2.19. The fraction of sp³-hybridized carbons (Fsp3) is 0.458. The van der Waals surface area contributed by atoms with E-state index >= 15 is 0 Å². The van der Waals surface area contributed by atoms with Gasteiger partial charge in [0, 0.05) is 25.9 Å². The molecule has 2 heterocycles. The molecule has 0 saturated heterocycles. The number of methoxy groups -OCH3 is 1. The summed E-state index contributed by atoms with van der Waals surface area (Å²) in [4.78, 5) is 19.9. The molecule has 1 amide bonds. The normalized spacial score (nSPS) is 11.0. The van der Waals surface area contributed by atoms with Crippen LogP contribution in [-0.4, -0.2) is 54.3 Å². The van der Waals surface area contributed by atoms with Crippen LogP contribution in [0.15, 0.2) is 40.2 Å². The van der Waals surface area contributed by atoms with Gasteiger partial charge in [-0.25, -0.2) is 0 Å². The molecular weight excluding hydrogens is 440 g/mol. The maximum absolute atomic E-state index is 12.2. The third-order valence-corrected chi connectivity index (χ3v) is 6.15. The van der Waals surface area contributed by atoms with Crippen LogP contribution in [-0.2, 0) is 17.8 Å². The molecule has 178 valence electrons. The summed E-state index contributed by atoms with van der Waals surface area (Å²) in [5.41, 5.74) is 0.953. The minimum atomic E-state index is -0.0217. The highest BCUT2D eigenvalue weighted by Crippen LogP contribution is 2.28. The number of benzene rings is 1. The molecule has 2 aromatic heterocycles. The Morgan fingerprint density at radius 1 is 1.21 bits per heavy atom. The molecule has 8 nitrogen and oxygen atoms in total. The number of rotatable bonds is 14. The number of carbonyl (C=O) groups excluding carboxylic acids is 1.